The van der Waals surface area contributed by atoms with Crippen molar-refractivity contribution in [2.45, 2.75) is 19.3 Å². The van der Waals surface area contributed by atoms with Crippen molar-refractivity contribution in [1.82, 2.24) is 4.98 Å². The summed E-state index contributed by atoms with van der Waals surface area (Å²) in [5.74, 6) is -0.722. The largest absolute Gasteiger partial charge is 0.466 e. The summed E-state index contributed by atoms with van der Waals surface area (Å²) < 4.78 is 18.3. The third-order valence-corrected chi connectivity index (χ3v) is 3.95. The van der Waals surface area contributed by atoms with Crippen LogP contribution in [0.25, 0.3) is 10.9 Å². The standard InChI is InChI=1S/C19H18FNO2/c1-2-23-19(22)11-16(13-7-9-14(20)10-8-13)17-12-21-18-6-4-3-5-15(17)18/h3-10,12,16,21H,2,11H2,1H3. The van der Waals surface area contributed by atoms with E-state index in [2.05, 4.69) is 4.98 Å². The molecule has 3 rings (SSSR count). The van der Waals surface area contributed by atoms with Crippen molar-refractivity contribution in [3.05, 3.63) is 71.7 Å². The van der Waals surface area contributed by atoms with Gasteiger partial charge in [-0.2, -0.15) is 0 Å². The van der Waals surface area contributed by atoms with Crippen molar-refractivity contribution in [2.24, 2.45) is 0 Å². The molecule has 23 heavy (non-hydrogen) atoms. The van der Waals surface area contributed by atoms with Gasteiger partial charge in [0.15, 0.2) is 0 Å². The number of benzene rings is 2. The van der Waals surface area contributed by atoms with Gasteiger partial charge in [0.05, 0.1) is 13.0 Å². The predicted molar refractivity (Wildman–Crippen MR) is 87.8 cm³/mol. The molecule has 0 aliphatic heterocycles. The zero-order valence-corrected chi connectivity index (χ0v) is 12.9. The van der Waals surface area contributed by atoms with Gasteiger partial charge in [-0.3, -0.25) is 4.79 Å². The number of rotatable bonds is 5. The second-order valence-electron chi connectivity index (χ2n) is 5.40. The number of fused-ring (bicyclic) bond motifs is 1. The average molecular weight is 311 g/mol. The smallest absolute Gasteiger partial charge is 0.306 e. The molecule has 3 nitrogen and oxygen atoms in total. The number of carbonyl (C=O) groups excluding carboxylic acids is 1. The zero-order chi connectivity index (χ0) is 16.2. The maximum atomic E-state index is 13.2. The van der Waals surface area contributed by atoms with Gasteiger partial charge >= 0.3 is 5.97 Å². The lowest BCUT2D eigenvalue weighted by molar-refractivity contribution is -0.143. The third kappa shape index (κ3) is 3.26. The highest BCUT2D eigenvalue weighted by Crippen LogP contribution is 2.33. The molecule has 1 aromatic heterocycles. The topological polar surface area (TPSA) is 42.1 Å². The summed E-state index contributed by atoms with van der Waals surface area (Å²) in [5, 5.41) is 1.06. The normalized spacial score (nSPS) is 12.3. The first-order chi connectivity index (χ1) is 11.2. The van der Waals surface area contributed by atoms with Gasteiger partial charge in [-0.15, -0.1) is 0 Å². The Kier molecular flexibility index (Phi) is 4.42. The number of aromatic amines is 1. The first-order valence-corrected chi connectivity index (χ1v) is 7.66. The van der Waals surface area contributed by atoms with Crippen LogP contribution in [-0.2, 0) is 9.53 Å². The van der Waals surface area contributed by atoms with Crippen molar-refractivity contribution in [3.63, 3.8) is 0 Å². The van der Waals surface area contributed by atoms with E-state index in [-0.39, 0.29) is 24.1 Å². The molecule has 1 unspecified atom stereocenters. The Bertz CT molecular complexity index is 808. The minimum Gasteiger partial charge on any atom is -0.466 e. The Balaban J connectivity index is 2.03. The highest BCUT2D eigenvalue weighted by atomic mass is 19.1. The SMILES string of the molecule is CCOC(=O)CC(c1ccc(F)cc1)c1c[nH]c2ccccc12. The zero-order valence-electron chi connectivity index (χ0n) is 12.9. The van der Waals surface area contributed by atoms with Crippen molar-refractivity contribution in [3.8, 4) is 0 Å². The molecule has 0 aliphatic carbocycles. The summed E-state index contributed by atoms with van der Waals surface area (Å²) in [5.41, 5.74) is 2.92. The van der Waals surface area contributed by atoms with Gasteiger partial charge in [-0.25, -0.2) is 4.39 Å². The Hall–Kier alpha value is -2.62. The maximum Gasteiger partial charge on any atom is 0.306 e. The average Bonchev–Trinajstić information content (AvgIpc) is 2.98. The van der Waals surface area contributed by atoms with Crippen LogP contribution in [0.15, 0.2) is 54.7 Å². The fraction of sp³-hybridized carbons (Fsp3) is 0.211. The number of carbonyl (C=O) groups is 1. The second-order valence-corrected chi connectivity index (χ2v) is 5.40. The van der Waals surface area contributed by atoms with Crippen LogP contribution in [0.2, 0.25) is 0 Å². The highest BCUT2D eigenvalue weighted by Gasteiger charge is 2.22. The van der Waals surface area contributed by atoms with Gasteiger partial charge in [0.1, 0.15) is 5.82 Å². The molecular formula is C19H18FNO2. The van der Waals surface area contributed by atoms with Gasteiger partial charge in [0.2, 0.25) is 0 Å². The van der Waals surface area contributed by atoms with E-state index in [0.717, 1.165) is 22.0 Å². The van der Waals surface area contributed by atoms with E-state index in [4.69, 9.17) is 4.74 Å². The quantitative estimate of drug-likeness (QED) is 0.710. The summed E-state index contributed by atoms with van der Waals surface area (Å²) in [6.07, 6.45) is 2.14. The van der Waals surface area contributed by atoms with E-state index in [0.29, 0.717) is 6.61 Å². The molecule has 0 spiro atoms. The van der Waals surface area contributed by atoms with Crippen molar-refractivity contribution in [1.29, 1.82) is 0 Å². The van der Waals surface area contributed by atoms with E-state index in [9.17, 15) is 9.18 Å². The van der Waals surface area contributed by atoms with Crippen LogP contribution in [0, 0.1) is 5.82 Å². The summed E-state index contributed by atoms with van der Waals surface area (Å²) in [4.78, 5) is 15.2. The molecule has 0 radical (unpaired) electrons. The summed E-state index contributed by atoms with van der Waals surface area (Å²) in [6, 6.07) is 14.2. The van der Waals surface area contributed by atoms with Gasteiger partial charge in [0.25, 0.3) is 0 Å². The van der Waals surface area contributed by atoms with Crippen LogP contribution in [0.3, 0.4) is 0 Å². The van der Waals surface area contributed by atoms with Crippen molar-refractivity contribution in [2.75, 3.05) is 6.61 Å². The van der Waals surface area contributed by atoms with E-state index >= 15 is 0 Å². The van der Waals surface area contributed by atoms with Gasteiger partial charge in [0, 0.05) is 23.0 Å². The molecule has 118 valence electrons. The summed E-state index contributed by atoms with van der Waals surface area (Å²) >= 11 is 0. The van der Waals surface area contributed by atoms with Gasteiger partial charge < -0.3 is 9.72 Å². The summed E-state index contributed by atoms with van der Waals surface area (Å²) in [7, 11) is 0. The number of para-hydroxylation sites is 1. The Morgan fingerprint density at radius 2 is 1.91 bits per heavy atom. The fourth-order valence-corrected chi connectivity index (χ4v) is 2.87. The number of H-pyrrole nitrogens is 1. The Labute approximate surface area is 134 Å². The first kappa shape index (κ1) is 15.3. The molecule has 0 bridgehead atoms. The second kappa shape index (κ2) is 6.65. The Morgan fingerprint density at radius 3 is 2.65 bits per heavy atom. The van der Waals surface area contributed by atoms with Crippen LogP contribution in [0.5, 0.6) is 0 Å². The number of nitrogens with one attached hydrogen (secondary N) is 1. The molecule has 0 fully saturated rings. The van der Waals surface area contributed by atoms with Gasteiger partial charge in [-0.05, 0) is 36.2 Å². The highest BCUT2D eigenvalue weighted by molar-refractivity contribution is 5.85. The minimum atomic E-state index is -0.289. The lowest BCUT2D eigenvalue weighted by Gasteiger charge is -2.16. The minimum absolute atomic E-state index is 0.175. The van der Waals surface area contributed by atoms with Crippen molar-refractivity contribution >= 4 is 16.9 Å². The lowest BCUT2D eigenvalue weighted by atomic mass is 9.88. The molecule has 0 saturated heterocycles. The molecule has 1 N–H and O–H groups in total. The van der Waals surface area contributed by atoms with Crippen molar-refractivity contribution < 1.29 is 13.9 Å². The number of halogens is 1. The van der Waals surface area contributed by atoms with E-state index < -0.39 is 0 Å². The van der Waals surface area contributed by atoms with Crippen LogP contribution in [-0.4, -0.2) is 17.6 Å². The van der Waals surface area contributed by atoms with Crippen LogP contribution < -0.4 is 0 Å². The molecule has 0 amide bonds. The van der Waals surface area contributed by atoms with E-state index in [1.807, 2.05) is 30.5 Å². The number of ether oxygens (including phenoxy) is 1. The number of hydrogen-bond donors (Lipinski definition) is 1. The summed E-state index contributed by atoms with van der Waals surface area (Å²) in [6.45, 7) is 2.14. The molecule has 2 aromatic carbocycles. The third-order valence-electron chi connectivity index (χ3n) is 3.95. The molecule has 3 aromatic rings. The predicted octanol–water partition coefficient (Wildman–Crippen LogP) is 4.39. The molecule has 4 heteroatoms. The molecule has 1 atom stereocenters. The molecular weight excluding hydrogens is 293 g/mol. The van der Waals surface area contributed by atoms with Gasteiger partial charge in [-0.1, -0.05) is 30.3 Å². The van der Waals surface area contributed by atoms with Crippen LogP contribution >= 0.6 is 0 Å². The molecule has 0 aliphatic rings. The van der Waals surface area contributed by atoms with E-state index in [1.165, 1.54) is 12.1 Å². The lowest BCUT2D eigenvalue weighted by Crippen LogP contribution is -2.11. The fourth-order valence-electron chi connectivity index (χ4n) is 2.87. The first-order valence-electron chi connectivity index (χ1n) is 7.66. The number of aromatic nitrogens is 1. The monoisotopic (exact) mass is 311 g/mol. The van der Waals surface area contributed by atoms with Crippen LogP contribution in [0.1, 0.15) is 30.4 Å². The maximum absolute atomic E-state index is 13.2. The van der Waals surface area contributed by atoms with Crippen LogP contribution in [0.4, 0.5) is 4.39 Å². The number of esters is 1. The molecule has 0 saturated carbocycles. The van der Waals surface area contributed by atoms with E-state index in [1.54, 1.807) is 19.1 Å². The number of hydrogen-bond acceptors (Lipinski definition) is 2. The molecule has 1 heterocycles. The Morgan fingerprint density at radius 1 is 1.17 bits per heavy atom.